The van der Waals surface area contributed by atoms with Gasteiger partial charge in [-0.15, -0.1) is 22.7 Å². The lowest BCUT2D eigenvalue weighted by Crippen LogP contribution is -2.11. The number of benzene rings is 13. The summed E-state index contributed by atoms with van der Waals surface area (Å²) in [5, 5.41) is 16.5. The molecule has 6 heteroatoms. The van der Waals surface area contributed by atoms with E-state index in [1.807, 2.05) is 0 Å². The van der Waals surface area contributed by atoms with Crippen LogP contribution in [0.5, 0.6) is 0 Å². The Morgan fingerprint density at radius 3 is 1.04 bits per heavy atom. The molecule has 15 aromatic rings. The van der Waals surface area contributed by atoms with Crippen LogP contribution in [-0.2, 0) is 0 Å². The summed E-state index contributed by atoms with van der Waals surface area (Å²) in [7, 11) is 0. The van der Waals surface area contributed by atoms with Gasteiger partial charge in [-0.25, -0.2) is 9.97 Å². The van der Waals surface area contributed by atoms with E-state index in [4.69, 9.17) is 9.97 Å². The van der Waals surface area contributed by atoms with E-state index in [9.17, 15) is 0 Å². The van der Waals surface area contributed by atoms with Gasteiger partial charge in [0.25, 0.3) is 0 Å². The van der Waals surface area contributed by atoms with E-state index in [-0.39, 0.29) is 0 Å². The van der Waals surface area contributed by atoms with Crippen molar-refractivity contribution in [1.29, 1.82) is 0 Å². The van der Waals surface area contributed by atoms with Gasteiger partial charge in [0, 0.05) is 44.6 Å². The van der Waals surface area contributed by atoms with Crippen LogP contribution in [0.1, 0.15) is 0 Å². The number of hydrogen-bond donors (Lipinski definition) is 0. The van der Waals surface area contributed by atoms with Gasteiger partial charge in [0.2, 0.25) is 0 Å². The quantitative estimate of drug-likeness (QED) is 0.142. The maximum Gasteiger partial charge on any atom is 0.124 e. The lowest BCUT2D eigenvalue weighted by molar-refractivity contribution is 1.31. The lowest BCUT2D eigenvalue weighted by Gasteiger charge is -2.28. The molecule has 0 amide bonds. The van der Waals surface area contributed by atoms with Crippen LogP contribution in [0.2, 0.25) is 0 Å². The van der Waals surface area contributed by atoms with Crippen LogP contribution >= 0.6 is 22.7 Å². The van der Waals surface area contributed by atoms with E-state index in [2.05, 4.69) is 265 Å². The summed E-state index contributed by atoms with van der Waals surface area (Å²) in [4.78, 5) is 15.1. The highest BCUT2D eigenvalue weighted by atomic mass is 32.1. The minimum Gasteiger partial charge on any atom is -0.310 e. The van der Waals surface area contributed by atoms with Gasteiger partial charge in [0.1, 0.15) is 10.0 Å². The molecule has 0 saturated carbocycles. The van der Waals surface area contributed by atoms with E-state index in [0.717, 1.165) is 75.7 Å². The summed E-state index contributed by atoms with van der Waals surface area (Å²) in [5.41, 5.74) is 10.9. The van der Waals surface area contributed by atoms with E-state index in [0.29, 0.717) is 0 Å². The monoisotopic (exact) mass is 978 g/mol. The van der Waals surface area contributed by atoms with Gasteiger partial charge < -0.3 is 9.80 Å². The van der Waals surface area contributed by atoms with Gasteiger partial charge in [-0.1, -0.05) is 182 Å². The molecule has 0 aliphatic rings. The van der Waals surface area contributed by atoms with E-state index < -0.39 is 0 Å². The molecule has 13 aromatic carbocycles. The van der Waals surface area contributed by atoms with Crippen LogP contribution in [0.15, 0.2) is 255 Å². The molecule has 0 fully saturated rings. The highest BCUT2D eigenvalue weighted by Crippen LogP contribution is 2.47. The molecule has 74 heavy (non-hydrogen) atoms. The van der Waals surface area contributed by atoms with Crippen molar-refractivity contribution in [3.05, 3.63) is 255 Å². The van der Waals surface area contributed by atoms with Gasteiger partial charge in [-0.2, -0.15) is 0 Å². The number of aromatic nitrogens is 2. The fraction of sp³-hybridized carbons (Fsp3) is 0. The molecule has 0 unspecified atom stereocenters. The number of thiazole rings is 2. The third-order valence-electron chi connectivity index (χ3n) is 14.6. The summed E-state index contributed by atoms with van der Waals surface area (Å²) in [5.74, 6) is 0. The zero-order chi connectivity index (χ0) is 48.7. The molecule has 0 aliphatic heterocycles. The fourth-order valence-corrected chi connectivity index (χ4v) is 13.1. The van der Waals surface area contributed by atoms with Gasteiger partial charge in [-0.3, -0.25) is 0 Å². The highest BCUT2D eigenvalue weighted by Gasteiger charge is 2.22. The molecule has 0 spiro atoms. The normalized spacial score (nSPS) is 11.8. The number of hydrogen-bond acceptors (Lipinski definition) is 6. The first-order valence-corrected chi connectivity index (χ1v) is 26.6. The maximum atomic E-state index is 5.08. The third kappa shape index (κ3) is 7.10. The Morgan fingerprint density at radius 1 is 0.257 bits per heavy atom. The molecular weight excluding hydrogens is 937 g/mol. The predicted molar refractivity (Wildman–Crippen MR) is 318 cm³/mol. The molecule has 0 aliphatic carbocycles. The van der Waals surface area contributed by atoms with E-state index >= 15 is 0 Å². The first kappa shape index (κ1) is 42.5. The van der Waals surface area contributed by atoms with Crippen LogP contribution in [-0.4, -0.2) is 9.97 Å². The molecule has 346 valence electrons. The van der Waals surface area contributed by atoms with Crippen LogP contribution in [0.3, 0.4) is 0 Å². The molecule has 4 nitrogen and oxygen atoms in total. The standard InChI is InChI=1S/C68H42N4S2/c1-3-15-43(16-4-1)67-69-61-35-31-51(41-65(61)73-67)71(63-39-45-19-7-9-21-53(45)57-23-11-13-25-59(57)63)49-29-33-55-47(37-49)27-28-48-38-50(30-34-56(48)55)72(64-40-46-20-8-10-22-54(46)58-24-12-14-26-60(58)64)52-32-36-62-66(42-52)74-68(70-62)44-17-5-2-6-18-44/h1-42H. The average Bonchev–Trinajstić information content (AvgIpc) is 4.11. The molecule has 0 atom stereocenters. The molecule has 0 radical (unpaired) electrons. The molecular formula is C68H42N4S2. The summed E-state index contributed by atoms with van der Waals surface area (Å²) in [6.07, 6.45) is 0. The first-order chi connectivity index (χ1) is 36.6. The van der Waals surface area contributed by atoms with Gasteiger partial charge in [-0.05, 0) is 127 Å². The second-order valence-electron chi connectivity index (χ2n) is 18.9. The second-order valence-corrected chi connectivity index (χ2v) is 21.0. The second kappa shape index (κ2) is 17.2. The first-order valence-electron chi connectivity index (χ1n) is 25.0. The SMILES string of the molecule is c1ccc(-c2nc3ccc(N(c4ccc5c(ccc6cc(N(c7ccc8nc(-c9ccccc9)sc8c7)c7cc8ccccc8c8ccccc78)ccc65)c4)c4cc5ccccc5c5ccccc45)cc3s2)cc1. The van der Waals surface area contributed by atoms with Crippen LogP contribution in [0.4, 0.5) is 34.1 Å². The summed E-state index contributed by atoms with van der Waals surface area (Å²) < 4.78 is 2.29. The Bertz CT molecular complexity index is 4400. The molecule has 0 N–H and O–H groups in total. The van der Waals surface area contributed by atoms with Gasteiger partial charge >= 0.3 is 0 Å². The van der Waals surface area contributed by atoms with E-state index in [1.54, 1.807) is 22.7 Å². The predicted octanol–water partition coefficient (Wildman–Crippen LogP) is 20.1. The fourth-order valence-electron chi connectivity index (χ4n) is 11.1. The Kier molecular flexibility index (Phi) is 9.90. The Balaban J connectivity index is 0.891. The number of nitrogens with zero attached hydrogens (tertiary/aromatic N) is 4. The van der Waals surface area contributed by atoms with Crippen LogP contribution in [0.25, 0.3) is 106 Å². The largest absolute Gasteiger partial charge is 0.310 e. The molecule has 15 rings (SSSR count). The lowest BCUT2D eigenvalue weighted by atomic mass is 9.97. The summed E-state index contributed by atoms with van der Waals surface area (Å²) in [6.45, 7) is 0. The molecule has 0 saturated heterocycles. The van der Waals surface area contributed by atoms with Gasteiger partial charge in [0.05, 0.1) is 31.8 Å². The highest BCUT2D eigenvalue weighted by molar-refractivity contribution is 7.22. The van der Waals surface area contributed by atoms with Crippen molar-refractivity contribution in [2.45, 2.75) is 0 Å². The summed E-state index contributed by atoms with van der Waals surface area (Å²) >= 11 is 3.48. The van der Waals surface area contributed by atoms with Crippen molar-refractivity contribution in [2.75, 3.05) is 9.80 Å². The van der Waals surface area contributed by atoms with E-state index in [1.165, 1.54) is 64.6 Å². The van der Waals surface area contributed by atoms with Crippen LogP contribution < -0.4 is 9.80 Å². The van der Waals surface area contributed by atoms with Gasteiger partial charge in [0.15, 0.2) is 0 Å². The number of rotatable bonds is 8. The molecule has 0 bridgehead atoms. The zero-order valence-corrected chi connectivity index (χ0v) is 41.5. The molecule has 2 heterocycles. The Labute approximate surface area is 434 Å². The number of anilines is 6. The van der Waals surface area contributed by atoms with Crippen molar-refractivity contribution in [3.63, 3.8) is 0 Å². The zero-order valence-electron chi connectivity index (χ0n) is 39.9. The minimum atomic E-state index is 0.999. The topological polar surface area (TPSA) is 32.3 Å². The summed E-state index contributed by atoms with van der Waals surface area (Å²) in [6, 6.07) is 92.8. The Morgan fingerprint density at radius 2 is 0.595 bits per heavy atom. The van der Waals surface area contributed by atoms with Crippen molar-refractivity contribution in [1.82, 2.24) is 9.97 Å². The minimum absolute atomic E-state index is 0.999. The van der Waals surface area contributed by atoms with Crippen molar-refractivity contribution in [3.8, 4) is 21.1 Å². The van der Waals surface area contributed by atoms with Crippen molar-refractivity contribution >= 4 is 142 Å². The third-order valence-corrected chi connectivity index (χ3v) is 16.7. The van der Waals surface area contributed by atoms with Crippen molar-refractivity contribution in [2.24, 2.45) is 0 Å². The number of fused-ring (bicyclic) bond motifs is 11. The Hall–Kier alpha value is -9.20. The van der Waals surface area contributed by atoms with Crippen molar-refractivity contribution < 1.29 is 0 Å². The van der Waals surface area contributed by atoms with Crippen LogP contribution in [0, 0.1) is 0 Å². The molecule has 2 aromatic heterocycles. The average molecular weight is 979 g/mol. The smallest absolute Gasteiger partial charge is 0.124 e. The maximum absolute atomic E-state index is 5.08.